The van der Waals surface area contributed by atoms with Gasteiger partial charge in [0.05, 0.1) is 19.3 Å². The number of ether oxygens (including phenoxy) is 1. The summed E-state index contributed by atoms with van der Waals surface area (Å²) in [7, 11) is 0. The lowest BCUT2D eigenvalue weighted by atomic mass is 10.0. The standard InChI is InChI=1S/C14H18N2O4/c1-2-16(10-6-4-3-5-7-10)14(19)15-12-9-20-8-11(12)13(17)18/h3-7,11-12H,2,8-9H2,1H3,(H,15,19)(H,17,18)/t11-,12+/m0/s1. The average Bonchev–Trinajstić information content (AvgIpc) is 2.89. The fourth-order valence-corrected chi connectivity index (χ4v) is 2.23. The van der Waals surface area contributed by atoms with E-state index in [1.54, 1.807) is 4.90 Å². The fourth-order valence-electron chi connectivity index (χ4n) is 2.23. The number of nitrogens with zero attached hydrogens (tertiary/aromatic N) is 1. The quantitative estimate of drug-likeness (QED) is 0.870. The number of benzene rings is 1. The maximum Gasteiger partial charge on any atom is 0.322 e. The first-order valence-corrected chi connectivity index (χ1v) is 6.57. The maximum absolute atomic E-state index is 12.3. The number of amides is 2. The van der Waals surface area contributed by atoms with Gasteiger partial charge in [0, 0.05) is 12.2 Å². The molecule has 1 heterocycles. The number of urea groups is 1. The molecule has 1 aliphatic rings. The molecule has 1 aromatic carbocycles. The van der Waals surface area contributed by atoms with Crippen molar-refractivity contribution in [3.8, 4) is 0 Å². The van der Waals surface area contributed by atoms with Crippen LogP contribution >= 0.6 is 0 Å². The normalized spacial score (nSPS) is 21.4. The summed E-state index contributed by atoms with van der Waals surface area (Å²) in [5.41, 5.74) is 0.776. The minimum Gasteiger partial charge on any atom is -0.481 e. The average molecular weight is 278 g/mol. The number of carbonyl (C=O) groups excluding carboxylic acids is 1. The van der Waals surface area contributed by atoms with E-state index in [4.69, 9.17) is 9.84 Å². The summed E-state index contributed by atoms with van der Waals surface area (Å²) in [5, 5.41) is 11.8. The molecule has 0 unspecified atom stereocenters. The zero-order valence-electron chi connectivity index (χ0n) is 11.3. The highest BCUT2D eigenvalue weighted by Gasteiger charge is 2.35. The molecule has 1 fully saturated rings. The van der Waals surface area contributed by atoms with Crippen LogP contribution in [0, 0.1) is 5.92 Å². The van der Waals surface area contributed by atoms with Gasteiger partial charge in [-0.3, -0.25) is 9.69 Å². The van der Waals surface area contributed by atoms with Gasteiger partial charge in [-0.25, -0.2) is 4.79 Å². The van der Waals surface area contributed by atoms with Crippen molar-refractivity contribution < 1.29 is 19.4 Å². The summed E-state index contributed by atoms with van der Waals surface area (Å²) in [6, 6.07) is 8.46. The molecule has 2 N–H and O–H groups in total. The Morgan fingerprint density at radius 2 is 2.05 bits per heavy atom. The van der Waals surface area contributed by atoms with Crippen molar-refractivity contribution in [2.75, 3.05) is 24.7 Å². The van der Waals surface area contributed by atoms with E-state index < -0.39 is 17.9 Å². The Labute approximate surface area is 117 Å². The van der Waals surface area contributed by atoms with Crippen LogP contribution in [0.3, 0.4) is 0 Å². The summed E-state index contributed by atoms with van der Waals surface area (Å²) in [6.07, 6.45) is 0. The van der Waals surface area contributed by atoms with Gasteiger partial charge < -0.3 is 15.2 Å². The van der Waals surface area contributed by atoms with Crippen LogP contribution in [0.15, 0.2) is 30.3 Å². The third-order valence-corrected chi connectivity index (χ3v) is 3.34. The van der Waals surface area contributed by atoms with Crippen molar-refractivity contribution in [2.24, 2.45) is 5.92 Å². The fraction of sp³-hybridized carbons (Fsp3) is 0.429. The summed E-state index contributed by atoms with van der Waals surface area (Å²) in [6.45, 7) is 2.74. The van der Waals surface area contributed by atoms with Crippen molar-refractivity contribution in [3.63, 3.8) is 0 Å². The molecule has 20 heavy (non-hydrogen) atoms. The van der Waals surface area contributed by atoms with E-state index in [9.17, 15) is 9.59 Å². The number of rotatable bonds is 4. The molecule has 2 atom stereocenters. The molecular formula is C14H18N2O4. The molecule has 1 saturated heterocycles. The first-order chi connectivity index (χ1) is 9.63. The molecule has 0 saturated carbocycles. The molecule has 1 aromatic rings. The Hall–Kier alpha value is -2.08. The summed E-state index contributed by atoms with van der Waals surface area (Å²) >= 11 is 0. The van der Waals surface area contributed by atoms with Gasteiger partial charge in [0.15, 0.2) is 0 Å². The molecule has 0 aromatic heterocycles. The molecule has 0 aliphatic carbocycles. The second kappa shape index (κ2) is 6.38. The van der Waals surface area contributed by atoms with E-state index in [2.05, 4.69) is 5.32 Å². The zero-order valence-corrected chi connectivity index (χ0v) is 11.3. The molecule has 108 valence electrons. The number of hydrogen-bond acceptors (Lipinski definition) is 3. The van der Waals surface area contributed by atoms with E-state index in [0.717, 1.165) is 5.69 Å². The second-order valence-electron chi connectivity index (χ2n) is 4.62. The summed E-state index contributed by atoms with van der Waals surface area (Å²) in [5.74, 6) is -1.64. The number of aliphatic carboxylic acids is 1. The Kier molecular flexibility index (Phi) is 4.57. The van der Waals surface area contributed by atoms with Gasteiger partial charge in [-0.15, -0.1) is 0 Å². The van der Waals surface area contributed by atoms with Crippen LogP contribution < -0.4 is 10.2 Å². The van der Waals surface area contributed by atoms with E-state index >= 15 is 0 Å². The molecule has 1 aliphatic heterocycles. The van der Waals surface area contributed by atoms with Crippen molar-refractivity contribution in [3.05, 3.63) is 30.3 Å². The lowest BCUT2D eigenvalue weighted by Crippen LogP contribution is -2.49. The Morgan fingerprint density at radius 3 is 2.65 bits per heavy atom. The molecule has 6 heteroatoms. The number of hydrogen-bond donors (Lipinski definition) is 2. The number of carboxylic acid groups (broad SMARTS) is 1. The van der Waals surface area contributed by atoms with Gasteiger partial charge >= 0.3 is 12.0 Å². The molecule has 0 spiro atoms. The van der Waals surface area contributed by atoms with E-state index in [1.165, 1.54) is 0 Å². The predicted octanol–water partition coefficient (Wildman–Crippen LogP) is 1.32. The van der Waals surface area contributed by atoms with Gasteiger partial charge in [-0.05, 0) is 19.1 Å². The van der Waals surface area contributed by atoms with Crippen molar-refractivity contribution in [1.29, 1.82) is 0 Å². The largest absolute Gasteiger partial charge is 0.481 e. The first-order valence-electron chi connectivity index (χ1n) is 6.57. The van der Waals surface area contributed by atoms with Gasteiger partial charge in [0.1, 0.15) is 5.92 Å². The van der Waals surface area contributed by atoms with Crippen LogP contribution in [-0.4, -0.2) is 42.9 Å². The number of carboxylic acids is 1. The van der Waals surface area contributed by atoms with Gasteiger partial charge in [-0.2, -0.15) is 0 Å². The number of carbonyl (C=O) groups is 2. The molecule has 0 radical (unpaired) electrons. The Morgan fingerprint density at radius 1 is 1.35 bits per heavy atom. The lowest BCUT2D eigenvalue weighted by molar-refractivity contribution is -0.142. The maximum atomic E-state index is 12.3. The van der Waals surface area contributed by atoms with Gasteiger partial charge in [0.25, 0.3) is 0 Å². The molecule has 0 bridgehead atoms. The summed E-state index contributed by atoms with van der Waals surface area (Å²) < 4.78 is 5.14. The number of nitrogens with one attached hydrogen (secondary N) is 1. The zero-order chi connectivity index (χ0) is 14.5. The molecule has 6 nitrogen and oxygen atoms in total. The predicted molar refractivity (Wildman–Crippen MR) is 73.7 cm³/mol. The topological polar surface area (TPSA) is 78.9 Å². The van der Waals surface area contributed by atoms with Gasteiger partial charge in [-0.1, -0.05) is 18.2 Å². The smallest absolute Gasteiger partial charge is 0.322 e. The lowest BCUT2D eigenvalue weighted by Gasteiger charge is -2.24. The minimum atomic E-state index is -0.949. The molecule has 2 rings (SSSR count). The second-order valence-corrected chi connectivity index (χ2v) is 4.62. The van der Waals surface area contributed by atoms with Crippen molar-refractivity contribution in [1.82, 2.24) is 5.32 Å². The van der Waals surface area contributed by atoms with Crippen molar-refractivity contribution >= 4 is 17.7 Å². The van der Waals surface area contributed by atoms with Crippen LogP contribution in [0.1, 0.15) is 6.92 Å². The van der Waals surface area contributed by atoms with Gasteiger partial charge in [0.2, 0.25) is 0 Å². The molecule has 2 amide bonds. The highest BCUT2D eigenvalue weighted by Crippen LogP contribution is 2.17. The third kappa shape index (κ3) is 3.08. The first kappa shape index (κ1) is 14.3. The van der Waals surface area contributed by atoms with Crippen LogP contribution in [0.4, 0.5) is 10.5 Å². The van der Waals surface area contributed by atoms with Crippen LogP contribution in [0.5, 0.6) is 0 Å². The highest BCUT2D eigenvalue weighted by molar-refractivity contribution is 5.92. The monoisotopic (exact) mass is 278 g/mol. The number of para-hydroxylation sites is 1. The van der Waals surface area contributed by atoms with E-state index in [0.29, 0.717) is 6.54 Å². The van der Waals surface area contributed by atoms with Crippen LogP contribution in [0.2, 0.25) is 0 Å². The minimum absolute atomic E-state index is 0.137. The van der Waals surface area contributed by atoms with Crippen LogP contribution in [0.25, 0.3) is 0 Å². The highest BCUT2D eigenvalue weighted by atomic mass is 16.5. The van der Waals surface area contributed by atoms with Crippen molar-refractivity contribution in [2.45, 2.75) is 13.0 Å². The Bertz CT molecular complexity index is 477. The number of anilines is 1. The van der Waals surface area contributed by atoms with E-state index in [-0.39, 0.29) is 19.2 Å². The Balaban J connectivity index is 2.05. The SMILES string of the molecule is CCN(C(=O)N[C@@H]1COC[C@@H]1C(=O)O)c1ccccc1. The molecular weight excluding hydrogens is 260 g/mol. The van der Waals surface area contributed by atoms with Crippen LogP contribution in [-0.2, 0) is 9.53 Å². The van der Waals surface area contributed by atoms with E-state index in [1.807, 2.05) is 37.3 Å². The third-order valence-electron chi connectivity index (χ3n) is 3.34. The summed E-state index contributed by atoms with van der Waals surface area (Å²) in [4.78, 5) is 24.9.